The summed E-state index contributed by atoms with van der Waals surface area (Å²) in [6, 6.07) is 0. The van der Waals surface area contributed by atoms with Gasteiger partial charge in [-0.15, -0.1) is 0 Å². The van der Waals surface area contributed by atoms with Gasteiger partial charge in [-0.1, -0.05) is 31.6 Å². The maximum absolute atomic E-state index is 11.9. The van der Waals surface area contributed by atoms with Crippen molar-refractivity contribution >= 4 is 5.78 Å². The fourth-order valence-corrected chi connectivity index (χ4v) is 7.37. The van der Waals surface area contributed by atoms with Crippen molar-refractivity contribution in [2.45, 2.75) is 72.1 Å². The summed E-state index contributed by atoms with van der Waals surface area (Å²) in [6.45, 7) is 11.6. The Hall–Kier alpha value is -0.850. The van der Waals surface area contributed by atoms with Crippen LogP contribution in [0.4, 0.5) is 0 Å². The van der Waals surface area contributed by atoms with Gasteiger partial charge in [-0.2, -0.15) is 0 Å². The Morgan fingerprint density at radius 3 is 2.61 bits per heavy atom. The van der Waals surface area contributed by atoms with Gasteiger partial charge >= 0.3 is 0 Å². The van der Waals surface area contributed by atoms with Crippen LogP contribution in [0.25, 0.3) is 0 Å². The zero-order valence-electron chi connectivity index (χ0n) is 15.2. The van der Waals surface area contributed by atoms with E-state index in [9.17, 15) is 4.79 Å². The number of ketones is 1. The molecule has 23 heavy (non-hydrogen) atoms. The van der Waals surface area contributed by atoms with Crippen LogP contribution in [0.15, 0.2) is 23.8 Å². The lowest BCUT2D eigenvalue weighted by Crippen LogP contribution is -2.50. The molecule has 0 spiro atoms. The highest BCUT2D eigenvalue weighted by molar-refractivity contribution is 5.91. The fourth-order valence-electron chi connectivity index (χ4n) is 7.37. The van der Waals surface area contributed by atoms with Crippen LogP contribution in [0, 0.1) is 34.5 Å². The number of allylic oxidation sites excluding steroid dienone is 2. The molecule has 0 aromatic carbocycles. The summed E-state index contributed by atoms with van der Waals surface area (Å²) in [6.07, 6.45) is 11.9. The molecular formula is C22H32O. The summed E-state index contributed by atoms with van der Waals surface area (Å²) in [5.41, 5.74) is 3.72. The van der Waals surface area contributed by atoms with Crippen molar-refractivity contribution in [2.75, 3.05) is 0 Å². The predicted molar refractivity (Wildman–Crippen MR) is 95.0 cm³/mol. The second kappa shape index (κ2) is 5.07. The molecule has 0 N–H and O–H groups in total. The second-order valence-corrected chi connectivity index (χ2v) is 9.49. The minimum absolute atomic E-state index is 0.319. The van der Waals surface area contributed by atoms with E-state index in [0.717, 1.165) is 36.5 Å². The maximum atomic E-state index is 11.9. The number of rotatable bonds is 1. The van der Waals surface area contributed by atoms with Gasteiger partial charge in [0.25, 0.3) is 0 Å². The minimum atomic E-state index is 0.319. The molecule has 0 amide bonds. The van der Waals surface area contributed by atoms with Crippen molar-refractivity contribution in [1.82, 2.24) is 0 Å². The second-order valence-electron chi connectivity index (χ2n) is 9.49. The molecule has 4 rings (SSSR count). The van der Waals surface area contributed by atoms with Crippen molar-refractivity contribution in [3.05, 3.63) is 23.8 Å². The number of hydrogen-bond donors (Lipinski definition) is 0. The summed E-state index contributed by atoms with van der Waals surface area (Å²) in [5.74, 6) is 3.70. The third-order valence-electron chi connectivity index (χ3n) is 8.56. The molecule has 0 aromatic rings. The Bertz CT molecular complexity index is 585. The first-order chi connectivity index (χ1) is 10.9. The van der Waals surface area contributed by atoms with E-state index in [0.29, 0.717) is 16.6 Å². The number of fused-ring (bicyclic) bond motifs is 5. The molecular weight excluding hydrogens is 280 g/mol. The molecule has 4 aliphatic rings. The lowest BCUT2D eigenvalue weighted by molar-refractivity contribution is -0.117. The molecule has 6 atom stereocenters. The van der Waals surface area contributed by atoms with E-state index in [4.69, 9.17) is 0 Å². The highest BCUT2D eigenvalue weighted by atomic mass is 16.1. The molecule has 0 bridgehead atoms. The van der Waals surface area contributed by atoms with Crippen molar-refractivity contribution in [2.24, 2.45) is 34.5 Å². The Morgan fingerprint density at radius 2 is 1.87 bits per heavy atom. The molecule has 0 radical (unpaired) electrons. The van der Waals surface area contributed by atoms with Crippen molar-refractivity contribution in [3.63, 3.8) is 0 Å². The van der Waals surface area contributed by atoms with Crippen LogP contribution in [0.2, 0.25) is 0 Å². The normalized spacial score (nSPS) is 49.0. The summed E-state index contributed by atoms with van der Waals surface area (Å²) in [7, 11) is 0. The van der Waals surface area contributed by atoms with E-state index in [1.165, 1.54) is 49.7 Å². The smallest absolute Gasteiger partial charge is 0.155 e. The Labute approximate surface area is 141 Å². The minimum Gasteiger partial charge on any atom is -0.295 e. The van der Waals surface area contributed by atoms with Crippen LogP contribution in [0.1, 0.15) is 72.1 Å². The van der Waals surface area contributed by atoms with E-state index in [1.807, 2.05) is 6.08 Å². The van der Waals surface area contributed by atoms with E-state index in [1.54, 1.807) is 0 Å². The highest BCUT2D eigenvalue weighted by Gasteiger charge is 2.58. The molecule has 126 valence electrons. The topological polar surface area (TPSA) is 17.1 Å². The molecule has 3 fully saturated rings. The zero-order chi connectivity index (χ0) is 16.4. The van der Waals surface area contributed by atoms with Gasteiger partial charge in [-0.25, -0.2) is 0 Å². The fraction of sp³-hybridized carbons (Fsp3) is 0.773. The van der Waals surface area contributed by atoms with Crippen molar-refractivity contribution in [1.29, 1.82) is 0 Å². The van der Waals surface area contributed by atoms with Gasteiger partial charge in [0.15, 0.2) is 5.78 Å². The monoisotopic (exact) mass is 312 g/mol. The van der Waals surface area contributed by atoms with Gasteiger partial charge in [0, 0.05) is 6.42 Å². The highest BCUT2D eigenvalue weighted by Crippen LogP contribution is 2.67. The lowest BCUT2D eigenvalue weighted by atomic mass is 9.46. The summed E-state index contributed by atoms with van der Waals surface area (Å²) in [5, 5.41) is 0. The Kier molecular flexibility index (Phi) is 3.45. The quantitative estimate of drug-likeness (QED) is 0.567. The van der Waals surface area contributed by atoms with Crippen LogP contribution in [-0.4, -0.2) is 5.78 Å². The van der Waals surface area contributed by atoms with E-state index in [-0.39, 0.29) is 0 Å². The third kappa shape index (κ3) is 2.07. The molecule has 4 aliphatic carbocycles. The van der Waals surface area contributed by atoms with Crippen molar-refractivity contribution < 1.29 is 4.79 Å². The van der Waals surface area contributed by atoms with Gasteiger partial charge in [0.05, 0.1) is 0 Å². The number of hydrogen-bond acceptors (Lipinski definition) is 1. The van der Waals surface area contributed by atoms with Gasteiger partial charge in [-0.3, -0.25) is 4.79 Å². The van der Waals surface area contributed by atoms with Crippen LogP contribution >= 0.6 is 0 Å². The average molecular weight is 312 g/mol. The van der Waals surface area contributed by atoms with E-state index < -0.39 is 0 Å². The molecule has 3 saturated carbocycles. The lowest BCUT2D eigenvalue weighted by Gasteiger charge is -2.58. The summed E-state index contributed by atoms with van der Waals surface area (Å²) in [4.78, 5) is 11.9. The van der Waals surface area contributed by atoms with Crippen LogP contribution in [0.3, 0.4) is 0 Å². The molecule has 0 aromatic heterocycles. The first-order valence-corrected chi connectivity index (χ1v) is 9.75. The van der Waals surface area contributed by atoms with Crippen LogP contribution < -0.4 is 0 Å². The largest absolute Gasteiger partial charge is 0.295 e. The van der Waals surface area contributed by atoms with Gasteiger partial charge in [0.1, 0.15) is 0 Å². The molecule has 0 saturated heterocycles. The van der Waals surface area contributed by atoms with Crippen LogP contribution in [-0.2, 0) is 4.79 Å². The maximum Gasteiger partial charge on any atom is 0.155 e. The zero-order valence-corrected chi connectivity index (χ0v) is 15.2. The van der Waals surface area contributed by atoms with Gasteiger partial charge in [-0.05, 0) is 92.4 Å². The standard InChI is InChI=1S/C22H32O/c1-14(2)18-7-8-19-17-6-5-15-13-16(23)9-11-21(15,3)20(17)10-12-22(18,19)4/h13,17-20H,1,5-12H2,2-4H3/t17-,18+,19-,20+,21+,22+/m0/s1. The van der Waals surface area contributed by atoms with E-state index in [2.05, 4.69) is 27.4 Å². The summed E-state index contributed by atoms with van der Waals surface area (Å²) >= 11 is 0. The molecule has 1 nitrogen and oxygen atoms in total. The summed E-state index contributed by atoms with van der Waals surface area (Å²) < 4.78 is 0. The average Bonchev–Trinajstić information content (AvgIpc) is 2.85. The first-order valence-electron chi connectivity index (χ1n) is 9.75. The predicted octanol–water partition coefficient (Wildman–Crippen LogP) is 5.71. The van der Waals surface area contributed by atoms with E-state index >= 15 is 0 Å². The third-order valence-corrected chi connectivity index (χ3v) is 8.56. The van der Waals surface area contributed by atoms with Crippen LogP contribution in [0.5, 0.6) is 0 Å². The molecule has 1 heteroatoms. The van der Waals surface area contributed by atoms with Crippen molar-refractivity contribution in [3.8, 4) is 0 Å². The number of carbonyl (C=O) groups is 1. The Balaban J connectivity index is 1.67. The molecule has 0 unspecified atom stereocenters. The van der Waals surface area contributed by atoms with Gasteiger partial charge < -0.3 is 0 Å². The number of carbonyl (C=O) groups excluding carboxylic acids is 1. The molecule has 0 aliphatic heterocycles. The first kappa shape index (κ1) is 15.7. The Morgan fingerprint density at radius 1 is 1.09 bits per heavy atom. The van der Waals surface area contributed by atoms with Gasteiger partial charge in [0.2, 0.25) is 0 Å². The SMILES string of the molecule is C=C(C)[C@H]1CC[C@H]2[C@@H]3CCC4=CC(=O)CC[C@@]4(C)[C@@H]3CC[C@]12C. The molecule has 0 heterocycles.